The summed E-state index contributed by atoms with van der Waals surface area (Å²) in [7, 11) is 0. The maximum atomic E-state index is 12.1. The molecule has 1 N–H and O–H groups in total. The molecule has 1 aliphatic heterocycles. The summed E-state index contributed by atoms with van der Waals surface area (Å²) in [4.78, 5) is 14.4. The van der Waals surface area contributed by atoms with Crippen LogP contribution < -0.4 is 0 Å². The van der Waals surface area contributed by atoms with Crippen molar-refractivity contribution >= 4 is 5.97 Å². The summed E-state index contributed by atoms with van der Waals surface area (Å²) in [6.45, 7) is 8.54. The fourth-order valence-electron chi connectivity index (χ4n) is 4.23. The van der Waals surface area contributed by atoms with E-state index in [-0.39, 0.29) is 0 Å². The molecule has 104 valence electrons. The van der Waals surface area contributed by atoms with E-state index in [9.17, 15) is 9.90 Å². The zero-order chi connectivity index (χ0) is 13.3. The molecule has 3 unspecified atom stereocenters. The molecule has 1 saturated heterocycles. The highest BCUT2D eigenvalue weighted by Gasteiger charge is 2.54. The number of carboxylic acids is 1. The molecule has 3 nitrogen and oxygen atoms in total. The zero-order valence-corrected chi connectivity index (χ0v) is 12.0. The van der Waals surface area contributed by atoms with Gasteiger partial charge in [-0.15, -0.1) is 0 Å². The van der Waals surface area contributed by atoms with Crippen LogP contribution in [0, 0.1) is 17.8 Å². The van der Waals surface area contributed by atoms with Gasteiger partial charge in [0.2, 0.25) is 0 Å². The van der Waals surface area contributed by atoms with Crippen LogP contribution in [0.25, 0.3) is 0 Å². The molecule has 3 atom stereocenters. The van der Waals surface area contributed by atoms with E-state index in [2.05, 4.69) is 25.7 Å². The Balaban J connectivity index is 2.35. The van der Waals surface area contributed by atoms with Crippen LogP contribution in [0.1, 0.15) is 52.9 Å². The summed E-state index contributed by atoms with van der Waals surface area (Å²) in [6, 6.07) is 0. The van der Waals surface area contributed by atoms with E-state index in [0.29, 0.717) is 17.8 Å². The van der Waals surface area contributed by atoms with Gasteiger partial charge in [0.05, 0.1) is 0 Å². The van der Waals surface area contributed by atoms with Crippen LogP contribution >= 0.6 is 0 Å². The fourth-order valence-corrected chi connectivity index (χ4v) is 4.23. The van der Waals surface area contributed by atoms with Crippen molar-refractivity contribution in [2.45, 2.75) is 58.4 Å². The second-order valence-electron chi connectivity index (χ2n) is 6.66. The lowest BCUT2D eigenvalue weighted by Gasteiger charge is -2.50. The predicted octanol–water partition coefficient (Wildman–Crippen LogP) is 3.00. The molecule has 3 heteroatoms. The summed E-state index contributed by atoms with van der Waals surface area (Å²) < 4.78 is 0. The summed E-state index contributed by atoms with van der Waals surface area (Å²) in [5, 5.41) is 9.94. The minimum absolute atomic E-state index is 0.310. The van der Waals surface area contributed by atoms with E-state index in [0.717, 1.165) is 38.8 Å². The lowest BCUT2D eigenvalue weighted by atomic mass is 9.64. The Labute approximate surface area is 111 Å². The Bertz CT molecular complexity index is 310. The molecule has 0 amide bonds. The number of likely N-dealkylation sites (tertiary alicyclic amines) is 1. The Hall–Kier alpha value is -0.570. The standard InChI is InChI=1S/C15H27NO2/c1-11(2)13-7-6-12(3)10-15(13,14(17)18)16-8-4-5-9-16/h11-13H,4-10H2,1-3H3,(H,17,18). The maximum absolute atomic E-state index is 12.1. The molecule has 1 saturated carbocycles. The number of carbonyl (C=O) groups is 1. The summed E-state index contributed by atoms with van der Waals surface area (Å²) in [5.74, 6) is 0.727. The molecule has 0 spiro atoms. The highest BCUT2D eigenvalue weighted by atomic mass is 16.4. The molecule has 0 aromatic heterocycles. The Morgan fingerprint density at radius 2 is 1.89 bits per heavy atom. The average Bonchev–Trinajstić information content (AvgIpc) is 2.81. The molecule has 0 aromatic carbocycles. The predicted molar refractivity (Wildman–Crippen MR) is 72.5 cm³/mol. The van der Waals surface area contributed by atoms with Crippen molar-refractivity contribution in [1.82, 2.24) is 4.90 Å². The molecular formula is C15H27NO2. The Morgan fingerprint density at radius 3 is 2.39 bits per heavy atom. The second-order valence-corrected chi connectivity index (χ2v) is 6.66. The summed E-state index contributed by atoms with van der Waals surface area (Å²) in [5.41, 5.74) is -0.581. The topological polar surface area (TPSA) is 40.5 Å². The average molecular weight is 253 g/mol. The largest absolute Gasteiger partial charge is 0.480 e. The van der Waals surface area contributed by atoms with Crippen molar-refractivity contribution in [2.75, 3.05) is 13.1 Å². The number of rotatable bonds is 3. The number of hydrogen-bond donors (Lipinski definition) is 1. The quantitative estimate of drug-likeness (QED) is 0.840. The van der Waals surface area contributed by atoms with E-state index < -0.39 is 11.5 Å². The van der Waals surface area contributed by atoms with Crippen LogP contribution in [0.4, 0.5) is 0 Å². The third-order valence-corrected chi connectivity index (χ3v) is 5.09. The number of nitrogens with zero attached hydrogens (tertiary/aromatic N) is 1. The van der Waals surface area contributed by atoms with Crippen molar-refractivity contribution in [3.05, 3.63) is 0 Å². The monoisotopic (exact) mass is 253 g/mol. The van der Waals surface area contributed by atoms with Gasteiger partial charge in [-0.2, -0.15) is 0 Å². The van der Waals surface area contributed by atoms with Gasteiger partial charge in [-0.25, -0.2) is 0 Å². The smallest absolute Gasteiger partial charge is 0.324 e. The zero-order valence-electron chi connectivity index (χ0n) is 12.0. The SMILES string of the molecule is CC1CCC(C(C)C)C(C(=O)O)(N2CCCC2)C1. The third-order valence-electron chi connectivity index (χ3n) is 5.09. The minimum atomic E-state index is -0.581. The highest BCUT2D eigenvalue weighted by molar-refractivity contribution is 5.79. The molecular weight excluding hydrogens is 226 g/mol. The normalized spacial score (nSPS) is 38.2. The van der Waals surface area contributed by atoms with E-state index in [1.165, 1.54) is 6.42 Å². The van der Waals surface area contributed by atoms with Gasteiger partial charge in [-0.3, -0.25) is 9.69 Å². The van der Waals surface area contributed by atoms with Gasteiger partial charge in [0.25, 0.3) is 0 Å². The summed E-state index contributed by atoms with van der Waals surface area (Å²) in [6.07, 6.45) is 5.42. The van der Waals surface area contributed by atoms with Gasteiger partial charge in [0.15, 0.2) is 0 Å². The minimum Gasteiger partial charge on any atom is -0.480 e. The van der Waals surface area contributed by atoms with Crippen molar-refractivity contribution in [2.24, 2.45) is 17.8 Å². The van der Waals surface area contributed by atoms with Gasteiger partial charge in [-0.1, -0.05) is 27.2 Å². The van der Waals surface area contributed by atoms with Crippen molar-refractivity contribution < 1.29 is 9.90 Å². The van der Waals surface area contributed by atoms with E-state index in [4.69, 9.17) is 0 Å². The van der Waals surface area contributed by atoms with Crippen LogP contribution in [0.3, 0.4) is 0 Å². The van der Waals surface area contributed by atoms with Gasteiger partial charge in [-0.05, 0) is 56.5 Å². The molecule has 0 bridgehead atoms. The fraction of sp³-hybridized carbons (Fsp3) is 0.933. The van der Waals surface area contributed by atoms with Gasteiger partial charge in [0, 0.05) is 0 Å². The van der Waals surface area contributed by atoms with Crippen LogP contribution in [0.15, 0.2) is 0 Å². The van der Waals surface area contributed by atoms with Gasteiger partial charge in [0.1, 0.15) is 5.54 Å². The lowest BCUT2D eigenvalue weighted by molar-refractivity contribution is -0.162. The first kappa shape index (κ1) is 13.9. The van der Waals surface area contributed by atoms with Crippen LogP contribution in [-0.4, -0.2) is 34.6 Å². The van der Waals surface area contributed by atoms with Crippen molar-refractivity contribution in [1.29, 1.82) is 0 Å². The second kappa shape index (κ2) is 5.20. The van der Waals surface area contributed by atoms with E-state index >= 15 is 0 Å². The van der Waals surface area contributed by atoms with Crippen molar-refractivity contribution in [3.63, 3.8) is 0 Å². The maximum Gasteiger partial charge on any atom is 0.324 e. The van der Waals surface area contributed by atoms with Gasteiger partial charge < -0.3 is 5.11 Å². The first-order valence-electron chi connectivity index (χ1n) is 7.47. The molecule has 1 heterocycles. The van der Waals surface area contributed by atoms with Crippen LogP contribution in [-0.2, 0) is 4.79 Å². The Morgan fingerprint density at radius 1 is 1.28 bits per heavy atom. The Kier molecular flexibility index (Phi) is 4.00. The lowest BCUT2D eigenvalue weighted by Crippen LogP contribution is -2.62. The number of aliphatic carboxylic acids is 1. The van der Waals surface area contributed by atoms with Gasteiger partial charge >= 0.3 is 5.97 Å². The highest BCUT2D eigenvalue weighted by Crippen LogP contribution is 2.46. The number of hydrogen-bond acceptors (Lipinski definition) is 2. The molecule has 2 aliphatic rings. The molecule has 18 heavy (non-hydrogen) atoms. The van der Waals surface area contributed by atoms with Crippen molar-refractivity contribution in [3.8, 4) is 0 Å². The first-order valence-corrected chi connectivity index (χ1v) is 7.47. The number of carboxylic acid groups (broad SMARTS) is 1. The molecule has 0 aromatic rings. The van der Waals surface area contributed by atoms with E-state index in [1.807, 2.05) is 0 Å². The molecule has 2 fully saturated rings. The molecule has 1 aliphatic carbocycles. The molecule has 0 radical (unpaired) electrons. The van der Waals surface area contributed by atoms with E-state index in [1.54, 1.807) is 0 Å². The first-order chi connectivity index (χ1) is 8.48. The molecule has 2 rings (SSSR count). The third kappa shape index (κ3) is 2.18. The van der Waals surface area contributed by atoms with Crippen LogP contribution in [0.5, 0.6) is 0 Å². The van der Waals surface area contributed by atoms with Crippen LogP contribution in [0.2, 0.25) is 0 Å². The summed E-state index contributed by atoms with van der Waals surface area (Å²) >= 11 is 0.